The molecule has 0 aliphatic carbocycles. The molecule has 0 saturated carbocycles. The highest BCUT2D eigenvalue weighted by Crippen LogP contribution is 2.23. The number of aromatic amines is 1. The van der Waals surface area contributed by atoms with Crippen molar-refractivity contribution in [2.45, 2.75) is 40.4 Å². The van der Waals surface area contributed by atoms with E-state index in [0.29, 0.717) is 11.0 Å². The van der Waals surface area contributed by atoms with Crippen LogP contribution in [0.5, 0.6) is 0 Å². The van der Waals surface area contributed by atoms with Gasteiger partial charge in [-0.2, -0.15) is 4.98 Å². The van der Waals surface area contributed by atoms with Crippen molar-refractivity contribution < 1.29 is 9.53 Å². The third-order valence-corrected chi connectivity index (χ3v) is 5.55. The minimum atomic E-state index is -0.727. The van der Waals surface area contributed by atoms with Crippen LogP contribution in [-0.2, 0) is 29.2 Å². The fourth-order valence-corrected chi connectivity index (χ4v) is 3.64. The largest absolute Gasteiger partial charge is 0.462 e. The Labute approximate surface area is 191 Å². The first-order chi connectivity index (χ1) is 16.2. The van der Waals surface area contributed by atoms with Crippen LogP contribution in [0.3, 0.4) is 0 Å². The summed E-state index contributed by atoms with van der Waals surface area (Å²) in [6.07, 6.45) is 1.20. The van der Waals surface area contributed by atoms with Crippen LogP contribution < -0.4 is 22.5 Å². The SMILES string of the molecule is CCn1c(=O)nc2n(CCOC(=O)Cn3ccc(=O)[nH]c3=O)c3cc(C)c(C)cc3nc-2c1=O. The summed E-state index contributed by atoms with van der Waals surface area (Å²) in [7, 11) is 0. The number of nitrogens with one attached hydrogen (secondary N) is 1. The van der Waals surface area contributed by atoms with E-state index in [0.717, 1.165) is 26.3 Å². The summed E-state index contributed by atoms with van der Waals surface area (Å²) < 4.78 is 8.92. The van der Waals surface area contributed by atoms with Crippen molar-refractivity contribution in [2.75, 3.05) is 6.61 Å². The zero-order valence-electron chi connectivity index (χ0n) is 18.8. The van der Waals surface area contributed by atoms with Gasteiger partial charge in [0.25, 0.3) is 11.1 Å². The topological polar surface area (TPSA) is 151 Å². The smallest absolute Gasteiger partial charge is 0.352 e. The molecule has 0 atom stereocenters. The number of hydrogen-bond acceptors (Lipinski definition) is 8. The molecule has 4 rings (SSSR count). The zero-order chi connectivity index (χ0) is 24.6. The molecule has 34 heavy (non-hydrogen) atoms. The quantitative estimate of drug-likeness (QED) is 0.303. The summed E-state index contributed by atoms with van der Waals surface area (Å²) in [5.74, 6) is -0.599. The number of rotatable bonds is 6. The predicted molar refractivity (Wildman–Crippen MR) is 122 cm³/mol. The van der Waals surface area contributed by atoms with Crippen molar-refractivity contribution in [3.8, 4) is 11.5 Å². The molecule has 0 amide bonds. The third-order valence-electron chi connectivity index (χ3n) is 5.55. The van der Waals surface area contributed by atoms with Crippen LogP contribution in [0.1, 0.15) is 18.1 Å². The molecular formula is C22H22N6O6. The van der Waals surface area contributed by atoms with Crippen molar-refractivity contribution in [3.05, 3.63) is 77.2 Å². The minimum absolute atomic E-state index is 0.0447. The molecular weight excluding hydrogens is 444 g/mol. The van der Waals surface area contributed by atoms with Gasteiger partial charge in [-0.25, -0.2) is 14.6 Å². The van der Waals surface area contributed by atoms with Gasteiger partial charge in [0, 0.05) is 18.8 Å². The van der Waals surface area contributed by atoms with Gasteiger partial charge in [-0.1, -0.05) is 0 Å². The molecule has 12 nitrogen and oxygen atoms in total. The zero-order valence-corrected chi connectivity index (χ0v) is 18.8. The molecule has 12 heteroatoms. The highest BCUT2D eigenvalue weighted by molar-refractivity contribution is 5.81. The molecule has 0 unspecified atom stereocenters. The highest BCUT2D eigenvalue weighted by Gasteiger charge is 2.21. The van der Waals surface area contributed by atoms with E-state index in [1.54, 1.807) is 11.5 Å². The number of carbonyl (C=O) groups is 1. The van der Waals surface area contributed by atoms with Crippen molar-refractivity contribution in [3.63, 3.8) is 0 Å². The van der Waals surface area contributed by atoms with Crippen molar-refractivity contribution in [1.29, 1.82) is 0 Å². The average Bonchev–Trinajstić information content (AvgIpc) is 2.77. The van der Waals surface area contributed by atoms with Gasteiger partial charge in [0.15, 0.2) is 11.5 Å². The summed E-state index contributed by atoms with van der Waals surface area (Å²) >= 11 is 0. The first-order valence-corrected chi connectivity index (χ1v) is 10.6. The monoisotopic (exact) mass is 466 g/mol. The molecule has 2 aliphatic rings. The Hall–Kier alpha value is -4.35. The molecule has 0 saturated heterocycles. The molecule has 0 bridgehead atoms. The minimum Gasteiger partial charge on any atom is -0.462 e. The molecule has 1 aromatic heterocycles. The molecule has 176 valence electrons. The number of aryl methyl sites for hydroxylation is 2. The van der Waals surface area contributed by atoms with E-state index in [-0.39, 0.29) is 37.8 Å². The van der Waals surface area contributed by atoms with Crippen LogP contribution in [0, 0.1) is 13.8 Å². The number of ether oxygens (including phenoxy) is 1. The maximum Gasteiger partial charge on any atom is 0.352 e. The van der Waals surface area contributed by atoms with E-state index in [1.807, 2.05) is 26.0 Å². The molecule has 1 N–H and O–H groups in total. The molecule has 1 aromatic carbocycles. The summed E-state index contributed by atoms with van der Waals surface area (Å²) in [5.41, 5.74) is 0.646. The standard InChI is InChI=1S/C22H22N6O6/c1-4-27-20(31)18-19(25-22(27)33)28(15-10-13(3)12(2)9-14(15)23-18)7-8-34-17(30)11-26-6-5-16(29)24-21(26)32/h5-6,9-10H,4,7-8,11H2,1-3H3,(H,24,29,32). The van der Waals surface area contributed by atoms with Gasteiger partial charge >= 0.3 is 17.3 Å². The first kappa shape index (κ1) is 22.8. The summed E-state index contributed by atoms with van der Waals surface area (Å²) in [5, 5.41) is 0. The van der Waals surface area contributed by atoms with Crippen LogP contribution >= 0.6 is 0 Å². The van der Waals surface area contributed by atoms with Crippen LogP contribution in [0.25, 0.3) is 22.6 Å². The van der Waals surface area contributed by atoms with E-state index in [1.165, 1.54) is 6.20 Å². The maximum atomic E-state index is 12.9. The van der Waals surface area contributed by atoms with Crippen LogP contribution in [-0.4, -0.2) is 41.2 Å². The van der Waals surface area contributed by atoms with Gasteiger partial charge in [0.2, 0.25) is 0 Å². The number of hydrogen-bond donors (Lipinski definition) is 1. The second-order valence-electron chi connectivity index (χ2n) is 7.76. The lowest BCUT2D eigenvalue weighted by atomic mass is 10.1. The van der Waals surface area contributed by atoms with E-state index < -0.39 is 28.5 Å². The van der Waals surface area contributed by atoms with Crippen LogP contribution in [0.2, 0.25) is 0 Å². The third kappa shape index (κ3) is 4.17. The summed E-state index contributed by atoms with van der Waals surface area (Å²) in [6, 6.07) is 4.84. The van der Waals surface area contributed by atoms with E-state index >= 15 is 0 Å². The lowest BCUT2D eigenvalue weighted by Gasteiger charge is -2.18. The number of nitrogens with zero attached hydrogens (tertiary/aromatic N) is 5. The fourth-order valence-electron chi connectivity index (χ4n) is 3.64. The average molecular weight is 466 g/mol. The fraction of sp³-hybridized carbons (Fsp3) is 0.318. The highest BCUT2D eigenvalue weighted by atomic mass is 16.5. The predicted octanol–water partition coefficient (Wildman–Crippen LogP) is -0.212. The Kier molecular flexibility index (Phi) is 5.97. The molecule has 2 aromatic rings. The van der Waals surface area contributed by atoms with Crippen LogP contribution in [0.4, 0.5) is 0 Å². The Morgan fingerprint density at radius 1 is 1.06 bits per heavy atom. The number of aromatic nitrogens is 6. The number of carbonyl (C=O) groups excluding carboxylic acids is 1. The summed E-state index contributed by atoms with van der Waals surface area (Å²) in [6.45, 7) is 5.27. The second kappa shape index (κ2) is 8.89. The molecule has 2 aliphatic heterocycles. The first-order valence-electron chi connectivity index (χ1n) is 10.6. The number of H-pyrrole nitrogens is 1. The Morgan fingerprint density at radius 3 is 2.50 bits per heavy atom. The van der Waals surface area contributed by atoms with Crippen molar-refractivity contribution in [1.82, 2.24) is 28.7 Å². The van der Waals surface area contributed by atoms with Gasteiger partial charge in [-0.15, -0.1) is 0 Å². The Bertz CT molecular complexity index is 1630. The van der Waals surface area contributed by atoms with Crippen LogP contribution in [0.15, 0.2) is 43.6 Å². The second-order valence-corrected chi connectivity index (χ2v) is 7.76. The Morgan fingerprint density at radius 2 is 1.79 bits per heavy atom. The van der Waals surface area contributed by atoms with E-state index in [9.17, 15) is 24.0 Å². The normalized spacial score (nSPS) is 11.3. The lowest BCUT2D eigenvalue weighted by Crippen LogP contribution is -2.38. The maximum absolute atomic E-state index is 12.9. The number of benzene rings is 1. The van der Waals surface area contributed by atoms with Gasteiger partial charge < -0.3 is 9.30 Å². The van der Waals surface area contributed by atoms with Gasteiger partial charge in [0.1, 0.15) is 13.2 Å². The number of esters is 1. The Balaban J connectivity index is 1.70. The summed E-state index contributed by atoms with van der Waals surface area (Å²) in [4.78, 5) is 71.1. The van der Waals surface area contributed by atoms with Gasteiger partial charge in [-0.05, 0) is 44.0 Å². The van der Waals surface area contributed by atoms with Gasteiger partial charge in [0.05, 0.1) is 17.6 Å². The lowest BCUT2D eigenvalue weighted by molar-refractivity contribution is -0.144. The molecule has 0 spiro atoms. The van der Waals surface area contributed by atoms with Crippen molar-refractivity contribution in [2.24, 2.45) is 0 Å². The molecule has 0 radical (unpaired) electrons. The van der Waals surface area contributed by atoms with Gasteiger partial charge in [-0.3, -0.25) is 28.5 Å². The molecule has 3 heterocycles. The molecule has 0 fully saturated rings. The van der Waals surface area contributed by atoms with Crippen molar-refractivity contribution >= 4 is 17.0 Å². The number of fused-ring (bicyclic) bond motifs is 2. The van der Waals surface area contributed by atoms with E-state index in [4.69, 9.17) is 4.74 Å². The van der Waals surface area contributed by atoms with E-state index in [2.05, 4.69) is 15.0 Å².